The first kappa shape index (κ1) is 11.3. The van der Waals surface area contributed by atoms with E-state index in [2.05, 4.69) is 24.0 Å². The molecule has 3 nitrogen and oxygen atoms in total. The van der Waals surface area contributed by atoms with Gasteiger partial charge in [0, 0.05) is 23.0 Å². The first-order chi connectivity index (χ1) is 8.67. The van der Waals surface area contributed by atoms with E-state index in [4.69, 9.17) is 5.73 Å². The van der Waals surface area contributed by atoms with Gasteiger partial charge in [-0.3, -0.25) is 0 Å². The summed E-state index contributed by atoms with van der Waals surface area (Å²) < 4.78 is 2.01. The van der Waals surface area contributed by atoms with E-state index in [1.54, 1.807) is 11.3 Å². The molecule has 0 bridgehead atoms. The molecule has 3 heterocycles. The third kappa shape index (κ3) is 1.78. The monoisotopic (exact) mass is 257 g/mol. The maximum Gasteiger partial charge on any atom is 0.140 e. The van der Waals surface area contributed by atoms with Gasteiger partial charge < -0.3 is 10.1 Å². The van der Waals surface area contributed by atoms with Crippen molar-refractivity contribution in [2.45, 2.75) is 20.3 Å². The van der Waals surface area contributed by atoms with Gasteiger partial charge in [-0.25, -0.2) is 4.98 Å². The summed E-state index contributed by atoms with van der Waals surface area (Å²) in [4.78, 5) is 7.29. The highest BCUT2D eigenvalue weighted by Crippen LogP contribution is 2.28. The number of pyridine rings is 1. The molecule has 0 spiro atoms. The van der Waals surface area contributed by atoms with Crippen LogP contribution in [0.3, 0.4) is 0 Å². The summed E-state index contributed by atoms with van der Waals surface area (Å²) in [6.45, 7) is 4.21. The number of nitrogen functional groups attached to an aromatic ring is 1. The predicted molar refractivity (Wildman–Crippen MR) is 77.0 cm³/mol. The molecule has 3 rings (SSSR count). The molecule has 0 aliphatic heterocycles. The van der Waals surface area contributed by atoms with Crippen molar-refractivity contribution in [1.29, 1.82) is 0 Å². The lowest BCUT2D eigenvalue weighted by molar-refractivity contribution is 1.17. The lowest BCUT2D eigenvalue weighted by Gasteiger charge is -1.98. The first-order valence-corrected chi connectivity index (χ1v) is 6.83. The minimum Gasteiger partial charge on any atom is -0.398 e. The Morgan fingerprint density at radius 1 is 1.33 bits per heavy atom. The van der Waals surface area contributed by atoms with Crippen LogP contribution in [0.15, 0.2) is 30.6 Å². The smallest absolute Gasteiger partial charge is 0.140 e. The zero-order valence-electron chi connectivity index (χ0n) is 10.5. The van der Waals surface area contributed by atoms with E-state index < -0.39 is 0 Å². The summed E-state index contributed by atoms with van der Waals surface area (Å²) in [7, 11) is 0. The second-order valence-electron chi connectivity index (χ2n) is 4.43. The predicted octanol–water partition coefficient (Wildman–Crippen LogP) is 3.52. The fourth-order valence-corrected chi connectivity index (χ4v) is 3.02. The SMILES string of the molecule is CCc1ccc(-c2cn3cc(N)cc(C)c3n2)s1. The molecule has 0 radical (unpaired) electrons. The van der Waals surface area contributed by atoms with Gasteiger partial charge >= 0.3 is 0 Å². The molecule has 92 valence electrons. The van der Waals surface area contributed by atoms with Crippen molar-refractivity contribution in [3.63, 3.8) is 0 Å². The number of fused-ring (bicyclic) bond motifs is 1. The molecule has 18 heavy (non-hydrogen) atoms. The Labute approximate surface area is 110 Å². The lowest BCUT2D eigenvalue weighted by Crippen LogP contribution is -1.92. The van der Waals surface area contributed by atoms with Crippen LogP contribution in [0.4, 0.5) is 5.69 Å². The zero-order valence-corrected chi connectivity index (χ0v) is 11.3. The number of nitrogens with two attached hydrogens (primary N) is 1. The Hall–Kier alpha value is -1.81. The van der Waals surface area contributed by atoms with Gasteiger partial charge in [-0.2, -0.15) is 0 Å². The Morgan fingerprint density at radius 3 is 2.89 bits per heavy atom. The fourth-order valence-electron chi connectivity index (χ4n) is 2.12. The van der Waals surface area contributed by atoms with Crippen molar-refractivity contribution in [2.75, 3.05) is 5.73 Å². The molecule has 4 heteroatoms. The zero-order chi connectivity index (χ0) is 12.7. The minimum absolute atomic E-state index is 0.768. The van der Waals surface area contributed by atoms with Gasteiger partial charge in [0.25, 0.3) is 0 Å². The van der Waals surface area contributed by atoms with Gasteiger partial charge in [0.05, 0.1) is 10.6 Å². The molecule has 0 fully saturated rings. The van der Waals surface area contributed by atoms with Crippen molar-refractivity contribution < 1.29 is 0 Å². The maximum absolute atomic E-state index is 5.85. The second-order valence-corrected chi connectivity index (χ2v) is 5.60. The fraction of sp³-hybridized carbons (Fsp3) is 0.214. The average molecular weight is 257 g/mol. The molecular formula is C14H15N3S. The highest BCUT2D eigenvalue weighted by Gasteiger charge is 2.09. The number of rotatable bonds is 2. The molecule has 0 aliphatic rings. The van der Waals surface area contributed by atoms with Crippen LogP contribution in [-0.2, 0) is 6.42 Å². The largest absolute Gasteiger partial charge is 0.398 e. The summed E-state index contributed by atoms with van der Waals surface area (Å²) in [5, 5.41) is 0. The number of anilines is 1. The molecule has 0 aromatic carbocycles. The highest BCUT2D eigenvalue weighted by molar-refractivity contribution is 7.15. The van der Waals surface area contributed by atoms with Crippen LogP contribution >= 0.6 is 11.3 Å². The summed E-state index contributed by atoms with van der Waals surface area (Å²) in [5.41, 5.74) is 9.72. The van der Waals surface area contributed by atoms with Crippen LogP contribution in [0, 0.1) is 6.92 Å². The van der Waals surface area contributed by atoms with E-state index in [1.807, 2.05) is 29.8 Å². The van der Waals surface area contributed by atoms with Crippen LogP contribution in [-0.4, -0.2) is 9.38 Å². The Balaban J connectivity index is 2.16. The maximum atomic E-state index is 5.85. The van der Waals surface area contributed by atoms with Crippen molar-refractivity contribution in [3.05, 3.63) is 41.0 Å². The molecule has 0 atom stereocenters. The molecule has 2 N–H and O–H groups in total. The van der Waals surface area contributed by atoms with Crippen molar-refractivity contribution in [3.8, 4) is 10.6 Å². The van der Waals surface area contributed by atoms with Crippen molar-refractivity contribution in [2.24, 2.45) is 0 Å². The number of thiophene rings is 1. The van der Waals surface area contributed by atoms with E-state index in [0.717, 1.165) is 29.0 Å². The number of hydrogen-bond donors (Lipinski definition) is 1. The van der Waals surface area contributed by atoms with Crippen LogP contribution in [0.1, 0.15) is 17.4 Å². The first-order valence-electron chi connectivity index (χ1n) is 6.01. The van der Waals surface area contributed by atoms with E-state index in [-0.39, 0.29) is 0 Å². The highest BCUT2D eigenvalue weighted by atomic mass is 32.1. The number of imidazole rings is 1. The Kier molecular flexibility index (Phi) is 2.59. The molecule has 0 saturated heterocycles. The molecule has 0 amide bonds. The molecule has 3 aromatic heterocycles. The molecule has 0 aliphatic carbocycles. The van der Waals surface area contributed by atoms with Crippen molar-refractivity contribution in [1.82, 2.24) is 9.38 Å². The quantitative estimate of drug-likeness (QED) is 0.763. The summed E-state index contributed by atoms with van der Waals surface area (Å²) in [6, 6.07) is 6.27. The third-order valence-corrected chi connectivity index (χ3v) is 4.27. The number of aromatic nitrogens is 2. The normalized spacial score (nSPS) is 11.2. The number of nitrogens with zero attached hydrogens (tertiary/aromatic N) is 2. The number of hydrogen-bond acceptors (Lipinski definition) is 3. The van der Waals surface area contributed by atoms with Crippen LogP contribution < -0.4 is 5.73 Å². The van der Waals surface area contributed by atoms with Gasteiger partial charge in [0.1, 0.15) is 5.65 Å². The summed E-state index contributed by atoms with van der Waals surface area (Å²) >= 11 is 1.80. The van der Waals surface area contributed by atoms with Crippen molar-refractivity contribution >= 4 is 22.7 Å². The van der Waals surface area contributed by atoms with E-state index in [9.17, 15) is 0 Å². The van der Waals surface area contributed by atoms with Crippen LogP contribution in [0.5, 0.6) is 0 Å². The van der Waals surface area contributed by atoms with E-state index >= 15 is 0 Å². The van der Waals surface area contributed by atoms with Gasteiger partial charge in [-0.15, -0.1) is 11.3 Å². The Bertz CT molecular complexity index is 709. The average Bonchev–Trinajstić information content (AvgIpc) is 2.93. The summed E-state index contributed by atoms with van der Waals surface area (Å²) in [5.74, 6) is 0. The standard InChI is InChI=1S/C14H15N3S/c1-3-11-4-5-13(18-11)12-8-17-7-10(15)6-9(2)14(17)16-12/h4-8H,3,15H2,1-2H3. The van der Waals surface area contributed by atoms with E-state index in [0.29, 0.717) is 0 Å². The molecular weight excluding hydrogens is 242 g/mol. The van der Waals surface area contributed by atoms with Crippen LogP contribution in [0.2, 0.25) is 0 Å². The molecule has 0 saturated carbocycles. The topological polar surface area (TPSA) is 43.3 Å². The minimum atomic E-state index is 0.768. The van der Waals surface area contributed by atoms with Gasteiger partial charge in [-0.1, -0.05) is 6.92 Å². The number of aryl methyl sites for hydroxylation is 2. The van der Waals surface area contributed by atoms with Gasteiger partial charge in [-0.05, 0) is 37.1 Å². The molecule has 0 unspecified atom stereocenters. The van der Waals surface area contributed by atoms with Crippen LogP contribution in [0.25, 0.3) is 16.2 Å². The van der Waals surface area contributed by atoms with E-state index in [1.165, 1.54) is 9.75 Å². The Morgan fingerprint density at radius 2 is 2.17 bits per heavy atom. The second kappa shape index (κ2) is 4.14. The summed E-state index contributed by atoms with van der Waals surface area (Å²) in [6.07, 6.45) is 5.03. The van der Waals surface area contributed by atoms with Gasteiger partial charge in [0.15, 0.2) is 0 Å². The third-order valence-electron chi connectivity index (χ3n) is 3.02. The lowest BCUT2D eigenvalue weighted by atomic mass is 10.3. The molecule has 3 aromatic rings. The van der Waals surface area contributed by atoms with Gasteiger partial charge in [0.2, 0.25) is 0 Å².